The van der Waals surface area contributed by atoms with Gasteiger partial charge in [-0.3, -0.25) is 4.79 Å². The van der Waals surface area contributed by atoms with Crippen LogP contribution < -0.4 is 5.32 Å². The topological polar surface area (TPSA) is 55.4 Å². The van der Waals surface area contributed by atoms with Gasteiger partial charge in [0.1, 0.15) is 11.1 Å². The van der Waals surface area contributed by atoms with Crippen LogP contribution in [0.3, 0.4) is 0 Å². The fraction of sp³-hybridized carbons (Fsp3) is 0.833. The van der Waals surface area contributed by atoms with Gasteiger partial charge in [-0.1, -0.05) is 13.8 Å². The number of ether oxygens (including phenoxy) is 1. The van der Waals surface area contributed by atoms with Crippen molar-refractivity contribution in [2.75, 3.05) is 0 Å². The summed E-state index contributed by atoms with van der Waals surface area (Å²) in [5.41, 5.74) is -1.43. The lowest BCUT2D eigenvalue weighted by Crippen LogP contribution is -2.52. The largest absolute Gasteiger partial charge is 0.458 e. The van der Waals surface area contributed by atoms with Gasteiger partial charge < -0.3 is 10.1 Å². The minimum Gasteiger partial charge on any atom is -0.458 e. The summed E-state index contributed by atoms with van der Waals surface area (Å²) in [6, 6.07) is 0. The average molecular weight is 227 g/mol. The van der Waals surface area contributed by atoms with Gasteiger partial charge in [-0.05, 0) is 27.7 Å². The van der Waals surface area contributed by atoms with Crippen LogP contribution in [0.4, 0.5) is 0 Å². The third kappa shape index (κ3) is 2.20. The van der Waals surface area contributed by atoms with Gasteiger partial charge in [0, 0.05) is 11.8 Å². The first-order valence-electron chi connectivity index (χ1n) is 5.63. The molecule has 1 N–H and O–H groups in total. The molecular formula is C12H21NO3. The van der Waals surface area contributed by atoms with Crippen molar-refractivity contribution >= 4 is 11.9 Å². The van der Waals surface area contributed by atoms with E-state index in [2.05, 4.69) is 5.32 Å². The van der Waals surface area contributed by atoms with Crippen molar-refractivity contribution in [2.45, 2.75) is 52.7 Å². The van der Waals surface area contributed by atoms with Gasteiger partial charge in [-0.15, -0.1) is 0 Å². The van der Waals surface area contributed by atoms with Gasteiger partial charge in [-0.2, -0.15) is 0 Å². The highest BCUT2D eigenvalue weighted by atomic mass is 16.6. The fourth-order valence-electron chi connectivity index (χ4n) is 1.83. The number of nitrogens with one attached hydrogen (secondary N) is 1. The van der Waals surface area contributed by atoms with E-state index in [-0.39, 0.29) is 23.7 Å². The van der Waals surface area contributed by atoms with Gasteiger partial charge >= 0.3 is 5.97 Å². The van der Waals surface area contributed by atoms with E-state index in [0.717, 1.165) is 0 Å². The van der Waals surface area contributed by atoms with E-state index in [1.807, 2.05) is 34.6 Å². The maximum atomic E-state index is 12.0. The lowest BCUT2D eigenvalue weighted by Gasteiger charge is -2.31. The molecule has 0 radical (unpaired) electrons. The van der Waals surface area contributed by atoms with E-state index in [9.17, 15) is 9.59 Å². The highest BCUT2D eigenvalue weighted by molar-refractivity contribution is 5.93. The third-order valence-corrected chi connectivity index (χ3v) is 3.28. The smallest absolute Gasteiger partial charge is 0.332 e. The van der Waals surface area contributed by atoms with Crippen LogP contribution in [-0.2, 0) is 14.3 Å². The molecule has 0 aromatic rings. The van der Waals surface area contributed by atoms with Crippen molar-refractivity contribution in [2.24, 2.45) is 11.8 Å². The number of hydrogen-bond donors (Lipinski definition) is 1. The minimum atomic E-state index is -0.899. The molecule has 1 fully saturated rings. The summed E-state index contributed by atoms with van der Waals surface area (Å²) in [7, 11) is 0. The summed E-state index contributed by atoms with van der Waals surface area (Å²) in [6.45, 7) is 10.9. The molecule has 1 saturated heterocycles. The molecule has 16 heavy (non-hydrogen) atoms. The van der Waals surface area contributed by atoms with Crippen LogP contribution in [-0.4, -0.2) is 23.0 Å². The highest BCUT2D eigenvalue weighted by Crippen LogP contribution is 2.33. The number of amides is 1. The first-order chi connectivity index (χ1) is 7.08. The molecule has 92 valence electrons. The standard InChI is InChI=1S/C12H21NO3/c1-7-8(2)12(6,13-9(7)14)10(15)16-11(3,4)5/h7-8H,1-6H3,(H,13,14)/t7-,8+,12-/m1/s1. The molecule has 3 atom stereocenters. The number of rotatable bonds is 1. The van der Waals surface area contributed by atoms with Crippen molar-refractivity contribution in [3.63, 3.8) is 0 Å². The summed E-state index contributed by atoms with van der Waals surface area (Å²) in [5, 5.41) is 2.74. The number of carbonyl (C=O) groups is 2. The molecule has 0 saturated carbocycles. The van der Waals surface area contributed by atoms with E-state index >= 15 is 0 Å². The Labute approximate surface area is 96.7 Å². The summed E-state index contributed by atoms with van der Waals surface area (Å²) in [4.78, 5) is 23.6. The third-order valence-electron chi connectivity index (χ3n) is 3.28. The van der Waals surface area contributed by atoms with Gasteiger partial charge in [0.15, 0.2) is 0 Å². The summed E-state index contributed by atoms with van der Waals surface area (Å²) < 4.78 is 5.34. The zero-order valence-corrected chi connectivity index (χ0v) is 10.9. The Morgan fingerprint density at radius 1 is 1.38 bits per heavy atom. The molecule has 0 aromatic carbocycles. The Morgan fingerprint density at radius 3 is 2.19 bits per heavy atom. The molecule has 1 amide bonds. The van der Waals surface area contributed by atoms with Crippen molar-refractivity contribution in [1.82, 2.24) is 5.32 Å². The van der Waals surface area contributed by atoms with E-state index in [4.69, 9.17) is 4.74 Å². The lowest BCUT2D eigenvalue weighted by atomic mass is 9.83. The predicted octanol–water partition coefficient (Wildman–Crippen LogP) is 1.49. The predicted molar refractivity (Wildman–Crippen MR) is 60.7 cm³/mol. The maximum Gasteiger partial charge on any atom is 0.332 e. The molecule has 4 nitrogen and oxygen atoms in total. The zero-order valence-electron chi connectivity index (χ0n) is 10.9. The average Bonchev–Trinajstić information content (AvgIpc) is 2.29. The van der Waals surface area contributed by atoms with Crippen LogP contribution in [0.25, 0.3) is 0 Å². The normalized spacial score (nSPS) is 34.8. The van der Waals surface area contributed by atoms with Crippen LogP contribution in [0.1, 0.15) is 41.5 Å². The molecule has 1 aliphatic heterocycles. The van der Waals surface area contributed by atoms with Crippen molar-refractivity contribution < 1.29 is 14.3 Å². The zero-order chi connectivity index (χ0) is 12.7. The van der Waals surface area contributed by atoms with Crippen LogP contribution in [0.2, 0.25) is 0 Å². The second-order valence-corrected chi connectivity index (χ2v) is 5.77. The molecule has 0 bridgehead atoms. The minimum absolute atomic E-state index is 0.0603. The highest BCUT2D eigenvalue weighted by Gasteiger charge is 2.52. The fourth-order valence-corrected chi connectivity index (χ4v) is 1.83. The Hall–Kier alpha value is -1.06. The second-order valence-electron chi connectivity index (χ2n) is 5.77. The van der Waals surface area contributed by atoms with Crippen LogP contribution in [0.15, 0.2) is 0 Å². The lowest BCUT2D eigenvalue weighted by molar-refractivity contribution is -0.164. The van der Waals surface area contributed by atoms with Gasteiger partial charge in [-0.25, -0.2) is 4.79 Å². The molecule has 1 heterocycles. The first-order valence-corrected chi connectivity index (χ1v) is 5.63. The summed E-state index contributed by atoms with van der Waals surface area (Å²) >= 11 is 0. The quantitative estimate of drug-likeness (QED) is 0.690. The van der Waals surface area contributed by atoms with Gasteiger partial charge in [0.2, 0.25) is 5.91 Å². The van der Waals surface area contributed by atoms with Crippen molar-refractivity contribution in [3.05, 3.63) is 0 Å². The molecule has 0 spiro atoms. The van der Waals surface area contributed by atoms with Crippen LogP contribution >= 0.6 is 0 Å². The maximum absolute atomic E-state index is 12.0. The van der Waals surface area contributed by atoms with E-state index in [1.165, 1.54) is 0 Å². The second kappa shape index (κ2) is 3.75. The molecule has 0 aliphatic carbocycles. The summed E-state index contributed by atoms with van der Waals surface area (Å²) in [5.74, 6) is -0.654. The van der Waals surface area contributed by atoms with E-state index < -0.39 is 11.1 Å². The summed E-state index contributed by atoms with van der Waals surface area (Å²) in [6.07, 6.45) is 0. The molecule has 0 unspecified atom stereocenters. The molecule has 1 rings (SSSR count). The molecular weight excluding hydrogens is 206 g/mol. The molecule has 1 aliphatic rings. The Morgan fingerprint density at radius 2 is 1.88 bits per heavy atom. The van der Waals surface area contributed by atoms with Gasteiger partial charge in [0.05, 0.1) is 0 Å². The van der Waals surface area contributed by atoms with Crippen LogP contribution in [0.5, 0.6) is 0 Å². The Balaban J connectivity index is 2.87. The molecule has 4 heteroatoms. The van der Waals surface area contributed by atoms with Crippen LogP contribution in [0, 0.1) is 11.8 Å². The van der Waals surface area contributed by atoms with E-state index in [1.54, 1.807) is 6.92 Å². The Kier molecular flexibility index (Phi) is 3.05. The van der Waals surface area contributed by atoms with Crippen molar-refractivity contribution in [1.29, 1.82) is 0 Å². The first kappa shape index (κ1) is 13.0. The number of esters is 1. The monoisotopic (exact) mass is 227 g/mol. The SMILES string of the molecule is C[C@H]1C(=O)N[C@@](C)(C(=O)OC(C)(C)C)[C@H]1C. The number of hydrogen-bond acceptors (Lipinski definition) is 3. The Bertz CT molecular complexity index is 319. The number of carbonyl (C=O) groups excluding carboxylic acids is 2. The molecule has 0 aromatic heterocycles. The van der Waals surface area contributed by atoms with E-state index in [0.29, 0.717) is 0 Å². The van der Waals surface area contributed by atoms with Gasteiger partial charge in [0.25, 0.3) is 0 Å². The van der Waals surface area contributed by atoms with Crippen molar-refractivity contribution in [3.8, 4) is 0 Å².